The molecule has 2 aromatic rings. The van der Waals surface area contributed by atoms with E-state index in [4.69, 9.17) is 0 Å². The Balaban J connectivity index is 0.000000916. The topological polar surface area (TPSA) is 25.3 Å². The Bertz CT molecular complexity index is 2660. The van der Waals surface area contributed by atoms with Crippen LogP contribution in [0.3, 0.4) is 0 Å². The fourth-order valence-corrected chi connectivity index (χ4v) is 22.2. The minimum absolute atomic E-state index is 0.983. The van der Waals surface area contributed by atoms with Crippen LogP contribution in [0.5, 0.6) is 0 Å². The zero-order valence-corrected chi connectivity index (χ0v) is 92.6. The Hall–Kier alpha value is -2.25. The maximum atomic E-state index is 12.9. The third-order valence-corrected chi connectivity index (χ3v) is 31.3. The molecule has 2 aromatic carbocycles. The van der Waals surface area contributed by atoms with E-state index in [0.29, 0.717) is 0 Å². The van der Waals surface area contributed by atoms with Gasteiger partial charge in [0.2, 0.25) is 11.4 Å². The van der Waals surface area contributed by atoms with Crippen LogP contribution in [0.25, 0.3) is 16.9 Å². The van der Waals surface area contributed by atoms with E-state index in [9.17, 15) is 5.53 Å². The van der Waals surface area contributed by atoms with Crippen LogP contribution in [-0.4, -0.2) is 4.70 Å². The Morgan fingerprint density at radius 1 is 0.189 bits per heavy atom. The molecule has 3 rings (SSSR count). The van der Waals surface area contributed by atoms with Gasteiger partial charge in [0.25, 0.3) is 0 Å². The van der Waals surface area contributed by atoms with Crippen molar-refractivity contribution in [1.29, 1.82) is 0 Å². The number of rotatable bonds is 106. The zero-order chi connectivity index (χ0) is 94.5. The van der Waals surface area contributed by atoms with Gasteiger partial charge in [-0.2, -0.15) is 0 Å². The molecule has 1 heterocycles. The molecule has 0 aromatic heterocycles. The van der Waals surface area contributed by atoms with Crippen LogP contribution >= 0.6 is 0 Å². The number of benzene rings is 2. The van der Waals surface area contributed by atoms with E-state index in [0.717, 1.165) is 62.8 Å². The van der Waals surface area contributed by atoms with E-state index in [-0.39, 0.29) is 0 Å². The van der Waals surface area contributed by atoms with Crippen molar-refractivity contribution in [3.05, 3.63) is 98.6 Å². The van der Waals surface area contributed by atoms with E-state index in [2.05, 4.69) is 118 Å². The molecule has 0 bridgehead atoms. The Kier molecular flexibility index (Phi) is 98.3. The molecule has 0 N–H and O–H groups in total. The number of hydrogen-bond acceptors (Lipinski definition) is 0. The summed E-state index contributed by atoms with van der Waals surface area (Å²) in [6, 6.07) is 14.8. The van der Waals surface area contributed by atoms with Gasteiger partial charge in [-0.05, 0) is 124 Å². The average Bonchev–Trinajstić information content (AvgIpc) is 1.60. The fraction of sp³-hybridized carbons (Fsp3) is 0.860. The van der Waals surface area contributed by atoms with Gasteiger partial charge in [0.05, 0.1) is 5.57 Å². The number of nitrogens with zero attached hydrogens (tertiary/aromatic N) is 2. The summed E-state index contributed by atoms with van der Waals surface area (Å²) in [6.07, 6.45) is 147. The second kappa shape index (κ2) is 103. The molecule has 1 aliphatic rings. The monoisotopic (exact) mass is 1870 g/mol. The summed E-state index contributed by atoms with van der Waals surface area (Å²) in [6.45, 7) is 18.5. The molecule has 0 saturated carbocycles. The van der Waals surface area contributed by atoms with Crippen LogP contribution in [0.15, 0.2) is 59.7 Å². The maximum absolute atomic E-state index is 12.9. The van der Waals surface area contributed by atoms with Crippen molar-refractivity contribution in [3.63, 3.8) is 0 Å². The van der Waals surface area contributed by atoms with Crippen LogP contribution in [0.2, 0.25) is 10.8 Å². The summed E-state index contributed by atoms with van der Waals surface area (Å²) < 4.78 is 1.67. The van der Waals surface area contributed by atoms with Crippen molar-refractivity contribution in [2.45, 2.75) is 715 Å². The number of hydrogen-bond donors (Lipinski definition) is 0. The van der Waals surface area contributed by atoms with Gasteiger partial charge in [0.1, 0.15) is 0 Å². The summed E-state index contributed by atoms with van der Waals surface area (Å²) >= 11 is 2.05. The molecule has 0 spiro atoms. The van der Waals surface area contributed by atoms with Gasteiger partial charge in [0.15, 0.2) is 0 Å². The Labute approximate surface area is 837 Å². The average molecular weight is 1880 g/mol. The Morgan fingerprint density at radius 2 is 0.364 bits per heavy atom. The summed E-state index contributed by atoms with van der Waals surface area (Å²) in [5.74, 6) is 0. The second-order valence-corrected chi connectivity index (χ2v) is 44.6. The first-order valence-electron chi connectivity index (χ1n) is 61.8. The van der Waals surface area contributed by atoms with E-state index in [1.807, 2.05) is 0 Å². The first-order valence-corrected chi connectivity index (χ1v) is 63.2. The molecule has 132 heavy (non-hydrogen) atoms. The number of aryl methyl sites for hydroxylation is 4. The molecule has 0 radical (unpaired) electrons. The molecule has 0 atom stereocenters. The first-order chi connectivity index (χ1) is 65.4. The summed E-state index contributed by atoms with van der Waals surface area (Å²) in [5, 5.41) is 2.87. The Morgan fingerprint density at radius 3 is 0.583 bits per heavy atom. The van der Waals surface area contributed by atoms with Crippen molar-refractivity contribution >= 4 is 11.4 Å². The van der Waals surface area contributed by atoms with Crippen molar-refractivity contribution < 1.29 is 19.1 Å². The normalized spacial score (nSPS) is 12.5. The fourth-order valence-electron chi connectivity index (χ4n) is 21.0. The standard InChI is InChI=1S/C71H120N2.2C29H59.Ni/c1-7-13-19-22-25-26-27-28-29-30-31-32-33-34-35-36-37-38-39-40-41-42-43-46-49-55-69-68(54-18-12-6)70(66-58-62(50-16-10-4)56-63(59-66)51-17-11-5)73(72)71(69)67-60-64(52-47-44-23-20-14-8-2)57-65(61-67)53-48-45-24-21-15-9-3;2*1-3-5-7-9-11-13-15-17-19-21-23-25-27-29-28-26-24-22-20-18-16-14-12-10-8-6-4-2;/h49,55-61H,7-48,50-54H2,1-6H3;2*1,3-29H2,2H3;. The van der Waals surface area contributed by atoms with E-state index < -0.39 is 0 Å². The summed E-state index contributed by atoms with van der Waals surface area (Å²) in [4.78, 5) is 0. The molecule has 774 valence electrons. The second-order valence-electron chi connectivity index (χ2n) is 43.2. The summed E-state index contributed by atoms with van der Waals surface area (Å²) in [5.41, 5.74) is 25.7. The van der Waals surface area contributed by atoms with Gasteiger partial charge in [-0.3, -0.25) is 0 Å². The summed E-state index contributed by atoms with van der Waals surface area (Å²) in [7, 11) is 0. The SMILES string of the molecule is CCCCCCCCCCCCCCCCCCCCCCCCCC=CC1=C(c2cc(CCCCCCCC)cc(CCCCCCCC)c2)[N+](=[N-])C(c2cc(CCCC)cc(CCCC)c2)=C1CCCC.CCCCCCCCCCCCCCCCCCCCCCCCCCCC[CH2][Ni][CH2]CCCCCCCCCCCCCCCCCCCCCCCCCCCC. The molecule has 0 saturated heterocycles. The quantitative estimate of drug-likeness (QED) is 0.0358. The van der Waals surface area contributed by atoms with Gasteiger partial charge in [-0.1, -0.05) is 510 Å². The van der Waals surface area contributed by atoms with E-state index in [1.54, 1.807) is 4.70 Å². The van der Waals surface area contributed by atoms with Gasteiger partial charge >= 0.3 is 166 Å². The van der Waals surface area contributed by atoms with Gasteiger partial charge in [-0.25, -0.2) is 4.70 Å². The molecule has 0 aliphatic carbocycles. The third-order valence-electron chi connectivity index (χ3n) is 29.9. The molecule has 1 aliphatic heterocycles. The van der Waals surface area contributed by atoms with Gasteiger partial charge in [0, 0.05) is 16.7 Å². The van der Waals surface area contributed by atoms with Crippen LogP contribution in [0.4, 0.5) is 0 Å². The molecule has 0 amide bonds. The van der Waals surface area contributed by atoms with E-state index in [1.165, 1.54) is 652 Å². The van der Waals surface area contributed by atoms with Crippen molar-refractivity contribution in [3.8, 4) is 0 Å². The molecule has 2 nitrogen and oxygen atoms in total. The van der Waals surface area contributed by atoms with Crippen molar-refractivity contribution in [1.82, 2.24) is 0 Å². The minimum Gasteiger partial charge on any atom is -0.0654 e. The number of unbranched alkanes of at least 4 members (excludes halogenated alkanes) is 88. The molecule has 0 unspecified atom stereocenters. The van der Waals surface area contributed by atoms with Gasteiger partial charge < -0.3 is 5.53 Å². The number of allylic oxidation sites excluding steroid dienone is 4. The van der Waals surface area contributed by atoms with Crippen LogP contribution in [0.1, 0.15) is 712 Å². The van der Waals surface area contributed by atoms with E-state index >= 15 is 0 Å². The predicted octanol–water partition coefficient (Wildman–Crippen LogP) is 47.5. The molecular formula is C129H238N2Ni. The zero-order valence-electron chi connectivity index (χ0n) is 91.7. The van der Waals surface area contributed by atoms with Crippen molar-refractivity contribution in [2.24, 2.45) is 0 Å². The van der Waals surface area contributed by atoms with Crippen LogP contribution in [-0.2, 0) is 40.1 Å². The predicted molar refractivity (Wildman–Crippen MR) is 597 cm³/mol. The molecule has 3 heteroatoms. The molecular weight excluding hydrogens is 1640 g/mol. The smallest absolute Gasteiger partial charge is 0.0654 e. The van der Waals surface area contributed by atoms with Crippen LogP contribution < -0.4 is 0 Å². The van der Waals surface area contributed by atoms with Gasteiger partial charge in [-0.15, -0.1) is 0 Å². The first kappa shape index (κ1) is 126. The third kappa shape index (κ3) is 79.4. The minimum atomic E-state index is 0.983. The van der Waals surface area contributed by atoms with Crippen LogP contribution in [0, 0.1) is 0 Å². The molecule has 0 fully saturated rings. The van der Waals surface area contributed by atoms with Crippen molar-refractivity contribution in [2.75, 3.05) is 0 Å².